The summed E-state index contributed by atoms with van der Waals surface area (Å²) in [5.74, 6) is 0.353. The first-order valence-corrected chi connectivity index (χ1v) is 5.64. The van der Waals surface area contributed by atoms with Crippen molar-refractivity contribution >= 4 is 0 Å². The predicted octanol–water partition coefficient (Wildman–Crippen LogP) is 2.46. The molecule has 98 valence electrons. The largest absolute Gasteiger partial charge is 0.486 e. The molecule has 0 unspecified atom stereocenters. The molecule has 0 atom stereocenters. The molecule has 1 aliphatic heterocycles. The van der Waals surface area contributed by atoms with Crippen molar-refractivity contribution in [1.29, 1.82) is 0 Å². The Morgan fingerprint density at radius 2 is 1.61 bits per heavy atom. The van der Waals surface area contributed by atoms with Gasteiger partial charge in [-0.05, 0) is 30.5 Å². The summed E-state index contributed by atoms with van der Waals surface area (Å²) in [5.41, 5.74) is -2.31. The Hall–Kier alpha value is -1.43. The summed E-state index contributed by atoms with van der Waals surface area (Å²) in [7, 11) is 0. The molecule has 18 heavy (non-hydrogen) atoms. The third kappa shape index (κ3) is 1.80. The van der Waals surface area contributed by atoms with Crippen LogP contribution in [0.4, 0.5) is 13.2 Å². The Morgan fingerprint density at radius 1 is 1.06 bits per heavy atom. The van der Waals surface area contributed by atoms with E-state index in [1.807, 2.05) is 0 Å². The number of rotatable bonds is 1. The maximum Gasteiger partial charge on any atom is 0.416 e. The summed E-state index contributed by atoms with van der Waals surface area (Å²) in [6, 6.07) is 2.17. The maximum absolute atomic E-state index is 13.0. The molecule has 0 bridgehead atoms. The molecule has 0 radical (unpaired) electrons. The van der Waals surface area contributed by atoms with Gasteiger partial charge in [0.2, 0.25) is 0 Å². The van der Waals surface area contributed by atoms with Crippen molar-refractivity contribution in [3.8, 4) is 11.5 Å². The highest BCUT2D eigenvalue weighted by molar-refractivity contribution is 5.52. The minimum Gasteiger partial charge on any atom is -0.486 e. The van der Waals surface area contributed by atoms with Crippen molar-refractivity contribution in [3.05, 3.63) is 23.3 Å². The Kier molecular flexibility index (Phi) is 2.29. The van der Waals surface area contributed by atoms with Crippen molar-refractivity contribution in [2.24, 2.45) is 0 Å². The van der Waals surface area contributed by atoms with Crippen LogP contribution in [0.15, 0.2) is 12.1 Å². The van der Waals surface area contributed by atoms with E-state index in [0.29, 0.717) is 19.4 Å². The van der Waals surface area contributed by atoms with Gasteiger partial charge in [-0.15, -0.1) is 0 Å². The van der Waals surface area contributed by atoms with Gasteiger partial charge in [-0.1, -0.05) is 0 Å². The second kappa shape index (κ2) is 3.54. The van der Waals surface area contributed by atoms with Crippen LogP contribution >= 0.6 is 0 Å². The Balaban J connectivity index is 2.16. The van der Waals surface area contributed by atoms with Crippen LogP contribution in [0.2, 0.25) is 0 Å². The Bertz CT molecular complexity index is 458. The van der Waals surface area contributed by atoms with Crippen LogP contribution in [0.5, 0.6) is 11.5 Å². The molecule has 1 N–H and O–H groups in total. The quantitative estimate of drug-likeness (QED) is 0.843. The van der Waals surface area contributed by atoms with Gasteiger partial charge in [0.05, 0.1) is 11.2 Å². The molecule has 6 heteroatoms. The molecule has 0 aromatic heterocycles. The predicted molar refractivity (Wildman–Crippen MR) is 55.6 cm³/mol. The van der Waals surface area contributed by atoms with E-state index in [2.05, 4.69) is 0 Å². The van der Waals surface area contributed by atoms with Crippen molar-refractivity contribution in [2.75, 3.05) is 13.2 Å². The third-order valence-electron chi connectivity index (χ3n) is 3.21. The molecule has 1 fully saturated rings. The molecule has 3 rings (SSSR count). The molecule has 2 aliphatic rings. The van der Waals surface area contributed by atoms with Crippen LogP contribution in [0.3, 0.4) is 0 Å². The van der Waals surface area contributed by atoms with Crippen molar-refractivity contribution < 1.29 is 27.8 Å². The Labute approximate surface area is 101 Å². The summed E-state index contributed by atoms with van der Waals surface area (Å²) in [6.45, 7) is 0.532. The number of ether oxygens (including phenoxy) is 2. The average molecular weight is 260 g/mol. The van der Waals surface area contributed by atoms with E-state index in [0.717, 1.165) is 6.07 Å². The van der Waals surface area contributed by atoms with E-state index in [1.54, 1.807) is 0 Å². The topological polar surface area (TPSA) is 38.7 Å². The van der Waals surface area contributed by atoms with Crippen LogP contribution in [-0.4, -0.2) is 18.3 Å². The van der Waals surface area contributed by atoms with E-state index in [-0.39, 0.29) is 23.7 Å². The number of fused-ring (bicyclic) bond motifs is 1. The Morgan fingerprint density at radius 3 is 2.11 bits per heavy atom. The monoisotopic (exact) mass is 260 g/mol. The fraction of sp³-hybridized carbons (Fsp3) is 0.500. The lowest BCUT2D eigenvalue weighted by Gasteiger charge is -2.23. The lowest BCUT2D eigenvalue weighted by Crippen LogP contribution is -2.20. The van der Waals surface area contributed by atoms with Crippen LogP contribution in [0.25, 0.3) is 0 Å². The number of alkyl halides is 3. The molecule has 1 aromatic carbocycles. The van der Waals surface area contributed by atoms with Crippen LogP contribution in [-0.2, 0) is 11.8 Å². The molecule has 0 saturated heterocycles. The molecule has 1 saturated carbocycles. The average Bonchev–Trinajstić information content (AvgIpc) is 3.06. The summed E-state index contributed by atoms with van der Waals surface area (Å²) >= 11 is 0. The minimum atomic E-state index is -4.51. The van der Waals surface area contributed by atoms with Gasteiger partial charge >= 0.3 is 6.18 Å². The highest BCUT2D eigenvalue weighted by atomic mass is 19.4. The van der Waals surface area contributed by atoms with Gasteiger partial charge in [-0.25, -0.2) is 0 Å². The number of hydrogen-bond donors (Lipinski definition) is 1. The number of benzene rings is 1. The zero-order chi connectivity index (χ0) is 13.0. The van der Waals surface area contributed by atoms with Gasteiger partial charge in [0.1, 0.15) is 13.2 Å². The van der Waals surface area contributed by atoms with Gasteiger partial charge in [-0.3, -0.25) is 0 Å². The van der Waals surface area contributed by atoms with Crippen molar-refractivity contribution in [1.82, 2.24) is 0 Å². The van der Waals surface area contributed by atoms with E-state index >= 15 is 0 Å². The summed E-state index contributed by atoms with van der Waals surface area (Å²) < 4.78 is 49.3. The molecule has 1 aliphatic carbocycles. The van der Waals surface area contributed by atoms with Crippen molar-refractivity contribution in [2.45, 2.75) is 24.6 Å². The zero-order valence-corrected chi connectivity index (χ0v) is 9.38. The second-order valence-electron chi connectivity index (χ2n) is 4.57. The first-order valence-electron chi connectivity index (χ1n) is 5.64. The van der Waals surface area contributed by atoms with Gasteiger partial charge in [0.15, 0.2) is 11.5 Å². The second-order valence-corrected chi connectivity index (χ2v) is 4.57. The van der Waals surface area contributed by atoms with Gasteiger partial charge in [0.25, 0.3) is 0 Å². The van der Waals surface area contributed by atoms with Crippen molar-refractivity contribution in [3.63, 3.8) is 0 Å². The fourth-order valence-corrected chi connectivity index (χ4v) is 2.10. The fourth-order valence-electron chi connectivity index (χ4n) is 2.10. The van der Waals surface area contributed by atoms with E-state index < -0.39 is 17.3 Å². The summed E-state index contributed by atoms with van der Waals surface area (Å²) in [6.07, 6.45) is -3.82. The zero-order valence-electron chi connectivity index (χ0n) is 9.38. The molecular formula is C12H11F3O3. The molecule has 1 heterocycles. The van der Waals surface area contributed by atoms with E-state index in [9.17, 15) is 18.3 Å². The lowest BCUT2D eigenvalue weighted by molar-refractivity contribution is -0.139. The van der Waals surface area contributed by atoms with Gasteiger partial charge < -0.3 is 14.6 Å². The first-order chi connectivity index (χ1) is 8.40. The van der Waals surface area contributed by atoms with Gasteiger partial charge in [0, 0.05) is 0 Å². The highest BCUT2D eigenvalue weighted by Gasteiger charge is 2.49. The molecular weight excluding hydrogens is 249 g/mol. The van der Waals surface area contributed by atoms with Crippen LogP contribution in [0.1, 0.15) is 24.0 Å². The number of hydrogen-bond acceptors (Lipinski definition) is 3. The molecule has 1 aromatic rings. The normalized spacial score (nSPS) is 20.7. The first kappa shape index (κ1) is 11.6. The van der Waals surface area contributed by atoms with Gasteiger partial charge in [-0.2, -0.15) is 13.2 Å². The molecule has 0 spiro atoms. The van der Waals surface area contributed by atoms with E-state index in [1.165, 1.54) is 6.07 Å². The lowest BCUT2D eigenvalue weighted by atomic mass is 9.99. The standard InChI is InChI=1S/C12H11F3O3/c13-12(14,15)8-6-10-9(17-3-4-18-10)5-7(8)11(16)1-2-11/h5-6,16H,1-4H2. The van der Waals surface area contributed by atoms with E-state index in [4.69, 9.17) is 9.47 Å². The highest BCUT2D eigenvalue weighted by Crippen LogP contribution is 2.52. The van der Waals surface area contributed by atoms with Crippen LogP contribution < -0.4 is 9.47 Å². The minimum absolute atomic E-state index is 0.0848. The molecule has 3 nitrogen and oxygen atoms in total. The smallest absolute Gasteiger partial charge is 0.416 e. The summed E-state index contributed by atoms with van der Waals surface area (Å²) in [4.78, 5) is 0. The maximum atomic E-state index is 13.0. The summed E-state index contributed by atoms with van der Waals surface area (Å²) in [5, 5.41) is 9.95. The number of halogens is 3. The SMILES string of the molecule is OC1(c2cc3c(cc2C(F)(F)F)OCCO3)CC1. The van der Waals surface area contributed by atoms with Crippen LogP contribution in [0, 0.1) is 0 Å². The third-order valence-corrected chi connectivity index (χ3v) is 3.21. The number of aliphatic hydroxyl groups is 1. The molecule has 0 amide bonds.